The van der Waals surface area contributed by atoms with Gasteiger partial charge in [-0.1, -0.05) is 6.92 Å². The molecule has 2 amide bonds. The highest BCUT2D eigenvalue weighted by molar-refractivity contribution is 7.89. The van der Waals surface area contributed by atoms with E-state index in [2.05, 4.69) is 15.6 Å². The minimum atomic E-state index is -3.64. The summed E-state index contributed by atoms with van der Waals surface area (Å²) in [6.45, 7) is 7.01. The van der Waals surface area contributed by atoms with Crippen LogP contribution in [0.2, 0.25) is 0 Å². The maximum absolute atomic E-state index is 12.2. The molecule has 1 aromatic carbocycles. The highest BCUT2D eigenvalue weighted by atomic mass is 32.2. The van der Waals surface area contributed by atoms with Crippen LogP contribution in [-0.4, -0.2) is 26.3 Å². The lowest BCUT2D eigenvalue weighted by Gasteiger charge is -2.12. The molecule has 1 heterocycles. The fraction of sp³-hybridized carbons (Fsp3) is 0.333. The van der Waals surface area contributed by atoms with Crippen LogP contribution in [-0.2, 0) is 10.0 Å². The van der Waals surface area contributed by atoms with Gasteiger partial charge in [-0.15, -0.1) is 0 Å². The fourth-order valence-electron chi connectivity index (χ4n) is 2.31. The van der Waals surface area contributed by atoms with Crippen molar-refractivity contribution < 1.29 is 22.4 Å². The number of amides is 2. The van der Waals surface area contributed by atoms with Crippen molar-refractivity contribution in [2.45, 2.75) is 45.1 Å². The van der Waals surface area contributed by atoms with Crippen LogP contribution < -0.4 is 15.6 Å². The predicted octanol–water partition coefficient (Wildman–Crippen LogP) is 2.05. The Balaban J connectivity index is 2.01. The SMILES string of the molecule is CC[C@@H](C)NS(=O)(=O)c1ccc(C(=O)NNC(=O)c2cc(C)oc2C)cc1. The molecule has 146 valence electrons. The highest BCUT2D eigenvalue weighted by Crippen LogP contribution is 2.14. The van der Waals surface area contributed by atoms with Gasteiger partial charge >= 0.3 is 0 Å². The van der Waals surface area contributed by atoms with Crippen molar-refractivity contribution in [1.82, 2.24) is 15.6 Å². The molecule has 3 N–H and O–H groups in total. The molecule has 1 aromatic heterocycles. The summed E-state index contributed by atoms with van der Waals surface area (Å²) in [6, 6.07) is 6.81. The topological polar surface area (TPSA) is 118 Å². The molecular weight excluding hydrogens is 370 g/mol. The number of benzene rings is 1. The average molecular weight is 393 g/mol. The molecule has 0 aliphatic heterocycles. The molecule has 0 fully saturated rings. The van der Waals surface area contributed by atoms with Gasteiger partial charge in [0.15, 0.2) is 0 Å². The Kier molecular flexibility index (Phi) is 6.40. The number of carbonyl (C=O) groups is 2. The second-order valence-corrected chi connectivity index (χ2v) is 7.90. The van der Waals surface area contributed by atoms with E-state index in [1.165, 1.54) is 24.3 Å². The van der Waals surface area contributed by atoms with Crippen molar-refractivity contribution in [3.63, 3.8) is 0 Å². The highest BCUT2D eigenvalue weighted by Gasteiger charge is 2.18. The third-order valence-corrected chi connectivity index (χ3v) is 5.58. The second kappa shape index (κ2) is 8.36. The normalized spacial score (nSPS) is 12.4. The average Bonchev–Trinajstić information content (AvgIpc) is 2.97. The molecule has 0 radical (unpaired) electrons. The summed E-state index contributed by atoms with van der Waals surface area (Å²) in [7, 11) is -3.64. The Hall–Kier alpha value is -2.65. The first-order chi connectivity index (χ1) is 12.6. The molecular formula is C18H23N3O5S. The van der Waals surface area contributed by atoms with Crippen LogP contribution in [0.4, 0.5) is 0 Å². The van der Waals surface area contributed by atoms with E-state index in [4.69, 9.17) is 4.42 Å². The van der Waals surface area contributed by atoms with Gasteiger partial charge in [-0.25, -0.2) is 13.1 Å². The van der Waals surface area contributed by atoms with Crippen LogP contribution in [0.15, 0.2) is 39.6 Å². The minimum Gasteiger partial charge on any atom is -0.466 e. The van der Waals surface area contributed by atoms with Gasteiger partial charge in [0.25, 0.3) is 11.8 Å². The Bertz CT molecular complexity index is 932. The first-order valence-electron chi connectivity index (χ1n) is 8.44. The van der Waals surface area contributed by atoms with E-state index in [-0.39, 0.29) is 16.5 Å². The largest absolute Gasteiger partial charge is 0.466 e. The molecule has 0 aliphatic rings. The molecule has 8 nitrogen and oxygen atoms in total. The first kappa shape index (κ1) is 20.7. The fourth-order valence-corrected chi connectivity index (χ4v) is 3.64. The Morgan fingerprint density at radius 2 is 1.67 bits per heavy atom. The van der Waals surface area contributed by atoms with Crippen LogP contribution in [0.1, 0.15) is 52.5 Å². The van der Waals surface area contributed by atoms with Gasteiger partial charge in [0, 0.05) is 11.6 Å². The minimum absolute atomic E-state index is 0.0629. The van der Waals surface area contributed by atoms with E-state index in [0.29, 0.717) is 23.5 Å². The molecule has 0 bridgehead atoms. The van der Waals surface area contributed by atoms with Crippen LogP contribution in [0.3, 0.4) is 0 Å². The van der Waals surface area contributed by atoms with Gasteiger partial charge in [-0.05, 0) is 57.5 Å². The third-order valence-electron chi connectivity index (χ3n) is 3.97. The molecule has 1 atom stereocenters. The monoisotopic (exact) mass is 393 g/mol. The van der Waals surface area contributed by atoms with E-state index in [1.807, 2.05) is 6.92 Å². The van der Waals surface area contributed by atoms with Crippen molar-refractivity contribution in [2.24, 2.45) is 0 Å². The number of hydrogen-bond acceptors (Lipinski definition) is 5. The first-order valence-corrected chi connectivity index (χ1v) is 9.92. The van der Waals surface area contributed by atoms with Gasteiger partial charge in [0.05, 0.1) is 10.5 Å². The second-order valence-electron chi connectivity index (χ2n) is 6.19. The number of hydrazine groups is 1. The van der Waals surface area contributed by atoms with E-state index in [0.717, 1.165) is 0 Å². The summed E-state index contributed by atoms with van der Waals surface area (Å²) in [6.07, 6.45) is 0.662. The molecule has 9 heteroatoms. The lowest BCUT2D eigenvalue weighted by atomic mass is 10.2. The van der Waals surface area contributed by atoms with Gasteiger partial charge in [-0.3, -0.25) is 20.4 Å². The third kappa shape index (κ3) is 5.18. The predicted molar refractivity (Wildman–Crippen MR) is 99.6 cm³/mol. The van der Waals surface area contributed by atoms with Crippen molar-refractivity contribution in [3.8, 4) is 0 Å². The number of furan rings is 1. The molecule has 0 saturated heterocycles. The zero-order valence-electron chi connectivity index (χ0n) is 15.6. The zero-order chi connectivity index (χ0) is 20.2. The summed E-state index contributed by atoms with van der Waals surface area (Å²) >= 11 is 0. The standard InChI is InChI=1S/C18H23N3O5S/c1-5-11(2)21-27(24,25)15-8-6-14(7-9-15)17(22)19-20-18(23)16-10-12(3)26-13(16)4/h6-11,21H,5H2,1-4H3,(H,19,22)(H,20,23)/t11-/m1/s1. The molecule has 0 spiro atoms. The van der Waals surface area contributed by atoms with E-state index >= 15 is 0 Å². The maximum atomic E-state index is 12.2. The summed E-state index contributed by atoms with van der Waals surface area (Å²) in [4.78, 5) is 24.3. The molecule has 0 aliphatic carbocycles. The molecule has 0 saturated carbocycles. The summed E-state index contributed by atoms with van der Waals surface area (Å²) in [5, 5.41) is 0. The molecule has 2 aromatic rings. The van der Waals surface area contributed by atoms with Gasteiger partial charge in [-0.2, -0.15) is 0 Å². The van der Waals surface area contributed by atoms with Crippen LogP contribution in [0.5, 0.6) is 0 Å². The number of nitrogens with one attached hydrogen (secondary N) is 3. The smallest absolute Gasteiger partial charge is 0.273 e. The van der Waals surface area contributed by atoms with Crippen LogP contribution in [0.25, 0.3) is 0 Å². The Morgan fingerprint density at radius 1 is 1.07 bits per heavy atom. The van der Waals surface area contributed by atoms with E-state index in [1.54, 1.807) is 26.8 Å². The lowest BCUT2D eigenvalue weighted by Crippen LogP contribution is -2.41. The Labute approximate surface area is 158 Å². The van der Waals surface area contributed by atoms with Crippen molar-refractivity contribution in [1.29, 1.82) is 0 Å². The molecule has 27 heavy (non-hydrogen) atoms. The van der Waals surface area contributed by atoms with Crippen LogP contribution in [0, 0.1) is 13.8 Å². The summed E-state index contributed by atoms with van der Waals surface area (Å²) < 4.78 is 32.2. The van der Waals surface area contributed by atoms with Gasteiger partial charge < -0.3 is 4.42 Å². The number of aryl methyl sites for hydroxylation is 2. The molecule has 0 unspecified atom stereocenters. The number of carbonyl (C=O) groups excluding carboxylic acids is 2. The molecule has 2 rings (SSSR count). The van der Waals surface area contributed by atoms with E-state index < -0.39 is 21.8 Å². The summed E-state index contributed by atoms with van der Waals surface area (Å²) in [5.41, 5.74) is 5.12. The van der Waals surface area contributed by atoms with Crippen molar-refractivity contribution in [2.75, 3.05) is 0 Å². The quantitative estimate of drug-likeness (QED) is 0.649. The number of hydrogen-bond donors (Lipinski definition) is 3. The maximum Gasteiger partial charge on any atom is 0.273 e. The van der Waals surface area contributed by atoms with Gasteiger partial charge in [0.1, 0.15) is 11.5 Å². The number of sulfonamides is 1. The van der Waals surface area contributed by atoms with E-state index in [9.17, 15) is 18.0 Å². The lowest BCUT2D eigenvalue weighted by molar-refractivity contribution is 0.0845. The van der Waals surface area contributed by atoms with Gasteiger partial charge in [0.2, 0.25) is 10.0 Å². The van der Waals surface area contributed by atoms with Crippen molar-refractivity contribution in [3.05, 3.63) is 53.0 Å². The zero-order valence-corrected chi connectivity index (χ0v) is 16.4. The Morgan fingerprint density at radius 3 is 2.19 bits per heavy atom. The van der Waals surface area contributed by atoms with Crippen molar-refractivity contribution >= 4 is 21.8 Å². The summed E-state index contributed by atoms with van der Waals surface area (Å²) in [5.74, 6) is -0.0379. The number of rotatable bonds is 6. The van der Waals surface area contributed by atoms with Crippen LogP contribution >= 0.6 is 0 Å².